The maximum atomic E-state index is 8.76. The van der Waals surface area contributed by atoms with Gasteiger partial charge in [0, 0.05) is 20.1 Å². The van der Waals surface area contributed by atoms with Gasteiger partial charge in [0.05, 0.1) is 12.0 Å². The molecule has 0 aliphatic heterocycles. The number of hydrogen-bond acceptors (Lipinski definition) is 4. The lowest BCUT2D eigenvalue weighted by atomic mass is 10.2. The van der Waals surface area contributed by atoms with E-state index in [1.165, 1.54) is 0 Å². The summed E-state index contributed by atoms with van der Waals surface area (Å²) in [4.78, 5) is 6.45. The molecule has 0 bridgehead atoms. The van der Waals surface area contributed by atoms with Crippen molar-refractivity contribution in [2.45, 2.75) is 13.8 Å². The average Bonchev–Trinajstić information content (AvgIpc) is 2.29. The monoisotopic (exact) mass is 218 g/mol. The molecule has 1 rings (SSSR count). The van der Waals surface area contributed by atoms with Crippen molar-refractivity contribution in [1.29, 1.82) is 5.26 Å². The van der Waals surface area contributed by atoms with Crippen molar-refractivity contribution in [3.63, 3.8) is 0 Å². The molecule has 0 aromatic carbocycles. The molecule has 0 saturated heterocycles. The lowest BCUT2D eigenvalue weighted by Crippen LogP contribution is -2.24. The van der Waals surface area contributed by atoms with Gasteiger partial charge in [-0.3, -0.25) is 0 Å². The molecule has 1 unspecified atom stereocenters. The molecule has 1 aromatic heterocycles. The summed E-state index contributed by atoms with van der Waals surface area (Å²) in [7, 11) is 1.95. The van der Waals surface area contributed by atoms with Crippen LogP contribution in [-0.4, -0.2) is 25.1 Å². The Labute approximate surface area is 96.9 Å². The second kappa shape index (κ2) is 5.96. The minimum absolute atomic E-state index is 0.00888. The zero-order chi connectivity index (χ0) is 12.0. The van der Waals surface area contributed by atoms with Gasteiger partial charge in [-0.25, -0.2) is 4.98 Å². The fourth-order valence-corrected chi connectivity index (χ4v) is 1.46. The first-order chi connectivity index (χ1) is 7.67. The van der Waals surface area contributed by atoms with Gasteiger partial charge in [-0.1, -0.05) is 6.07 Å². The number of nitrogens with one attached hydrogen (secondary N) is 1. The lowest BCUT2D eigenvalue weighted by Gasteiger charge is -2.19. The van der Waals surface area contributed by atoms with Gasteiger partial charge in [-0.15, -0.1) is 0 Å². The highest BCUT2D eigenvalue weighted by atomic mass is 15.2. The maximum absolute atomic E-state index is 8.76. The summed E-state index contributed by atoms with van der Waals surface area (Å²) < 4.78 is 0. The zero-order valence-corrected chi connectivity index (χ0v) is 10.1. The van der Waals surface area contributed by atoms with Crippen LogP contribution in [0.3, 0.4) is 0 Å². The van der Waals surface area contributed by atoms with Crippen LogP contribution in [0.25, 0.3) is 0 Å². The molecule has 4 nitrogen and oxygen atoms in total. The molecule has 0 amide bonds. The van der Waals surface area contributed by atoms with Crippen LogP contribution in [0.1, 0.15) is 13.8 Å². The Kier molecular flexibility index (Phi) is 4.59. The van der Waals surface area contributed by atoms with E-state index in [1.807, 2.05) is 44.0 Å². The van der Waals surface area contributed by atoms with Crippen molar-refractivity contribution in [3.05, 3.63) is 18.2 Å². The number of pyridine rings is 1. The summed E-state index contributed by atoms with van der Waals surface area (Å²) in [6, 6.07) is 8.07. The second-order valence-corrected chi connectivity index (χ2v) is 3.82. The van der Waals surface area contributed by atoms with Gasteiger partial charge in [-0.05, 0) is 26.0 Å². The van der Waals surface area contributed by atoms with Gasteiger partial charge in [0.15, 0.2) is 0 Å². The van der Waals surface area contributed by atoms with E-state index in [0.717, 1.165) is 18.2 Å². The molecule has 1 aromatic rings. The predicted octanol–water partition coefficient (Wildman–Crippen LogP) is 2.11. The SMILES string of the molecule is CCNc1cccc(N(C)CC(C)C#N)n1. The van der Waals surface area contributed by atoms with E-state index in [4.69, 9.17) is 5.26 Å². The normalized spacial score (nSPS) is 11.6. The van der Waals surface area contributed by atoms with Crippen molar-refractivity contribution in [2.24, 2.45) is 5.92 Å². The fraction of sp³-hybridized carbons (Fsp3) is 0.500. The van der Waals surface area contributed by atoms with E-state index in [9.17, 15) is 0 Å². The minimum Gasteiger partial charge on any atom is -0.370 e. The highest BCUT2D eigenvalue weighted by Crippen LogP contribution is 2.13. The Bertz CT molecular complexity index is 370. The topological polar surface area (TPSA) is 52.0 Å². The van der Waals surface area contributed by atoms with Crippen LogP contribution in [0.4, 0.5) is 11.6 Å². The van der Waals surface area contributed by atoms with Crippen molar-refractivity contribution < 1.29 is 0 Å². The van der Waals surface area contributed by atoms with Crippen LogP contribution in [0.15, 0.2) is 18.2 Å². The van der Waals surface area contributed by atoms with Crippen molar-refractivity contribution in [1.82, 2.24) is 4.98 Å². The van der Waals surface area contributed by atoms with E-state index < -0.39 is 0 Å². The molecule has 0 spiro atoms. The Balaban J connectivity index is 2.71. The van der Waals surface area contributed by atoms with Crippen molar-refractivity contribution in [3.8, 4) is 6.07 Å². The summed E-state index contributed by atoms with van der Waals surface area (Å²) in [5.74, 6) is 1.77. The molecule has 0 radical (unpaired) electrons. The Morgan fingerprint density at radius 3 is 2.94 bits per heavy atom. The number of hydrogen-bond donors (Lipinski definition) is 1. The molecule has 1 N–H and O–H groups in total. The molecule has 86 valence electrons. The highest BCUT2D eigenvalue weighted by Gasteiger charge is 2.07. The first-order valence-electron chi connectivity index (χ1n) is 5.49. The Morgan fingerprint density at radius 1 is 1.56 bits per heavy atom. The first kappa shape index (κ1) is 12.3. The van der Waals surface area contributed by atoms with Crippen LogP contribution in [0, 0.1) is 17.2 Å². The van der Waals surface area contributed by atoms with E-state index in [2.05, 4.69) is 16.4 Å². The van der Waals surface area contributed by atoms with Crippen LogP contribution in [0.2, 0.25) is 0 Å². The molecule has 0 saturated carbocycles. The molecule has 4 heteroatoms. The molecule has 1 heterocycles. The second-order valence-electron chi connectivity index (χ2n) is 3.82. The highest BCUT2D eigenvalue weighted by molar-refractivity contribution is 5.46. The Morgan fingerprint density at radius 2 is 2.31 bits per heavy atom. The zero-order valence-electron chi connectivity index (χ0n) is 10.1. The number of nitriles is 1. The molecule has 0 fully saturated rings. The maximum Gasteiger partial charge on any atom is 0.130 e. The van der Waals surface area contributed by atoms with Crippen LogP contribution in [0.5, 0.6) is 0 Å². The average molecular weight is 218 g/mol. The molecular weight excluding hydrogens is 200 g/mol. The number of aromatic nitrogens is 1. The van der Waals surface area contributed by atoms with Crippen molar-refractivity contribution in [2.75, 3.05) is 30.4 Å². The third-order valence-electron chi connectivity index (χ3n) is 2.25. The van der Waals surface area contributed by atoms with E-state index in [-0.39, 0.29) is 5.92 Å². The summed E-state index contributed by atoms with van der Waals surface area (Å²) in [6.45, 7) is 5.49. The van der Waals surface area contributed by atoms with Crippen LogP contribution in [-0.2, 0) is 0 Å². The summed E-state index contributed by atoms with van der Waals surface area (Å²) in [5, 5.41) is 11.9. The number of nitrogens with zero attached hydrogens (tertiary/aromatic N) is 3. The summed E-state index contributed by atoms with van der Waals surface area (Å²) in [5.41, 5.74) is 0. The van der Waals surface area contributed by atoms with E-state index in [1.54, 1.807) is 0 Å². The fourth-order valence-electron chi connectivity index (χ4n) is 1.46. The Hall–Kier alpha value is -1.76. The van der Waals surface area contributed by atoms with Gasteiger partial charge in [0.2, 0.25) is 0 Å². The lowest BCUT2D eigenvalue weighted by molar-refractivity contribution is 0.710. The van der Waals surface area contributed by atoms with E-state index >= 15 is 0 Å². The van der Waals surface area contributed by atoms with E-state index in [0.29, 0.717) is 6.54 Å². The summed E-state index contributed by atoms with van der Waals surface area (Å²) in [6.07, 6.45) is 0. The largest absolute Gasteiger partial charge is 0.370 e. The quantitative estimate of drug-likeness (QED) is 0.822. The summed E-state index contributed by atoms with van der Waals surface area (Å²) >= 11 is 0. The third-order valence-corrected chi connectivity index (χ3v) is 2.25. The smallest absolute Gasteiger partial charge is 0.130 e. The molecular formula is C12H18N4. The van der Waals surface area contributed by atoms with Gasteiger partial charge in [0.1, 0.15) is 11.6 Å². The van der Waals surface area contributed by atoms with Gasteiger partial charge in [0.25, 0.3) is 0 Å². The first-order valence-corrected chi connectivity index (χ1v) is 5.49. The number of anilines is 2. The predicted molar refractivity (Wildman–Crippen MR) is 66.4 cm³/mol. The van der Waals surface area contributed by atoms with Gasteiger partial charge in [-0.2, -0.15) is 5.26 Å². The van der Waals surface area contributed by atoms with Gasteiger partial charge < -0.3 is 10.2 Å². The minimum atomic E-state index is 0.00888. The molecule has 1 atom stereocenters. The van der Waals surface area contributed by atoms with Crippen LogP contribution < -0.4 is 10.2 Å². The van der Waals surface area contributed by atoms with Crippen molar-refractivity contribution >= 4 is 11.6 Å². The molecule has 0 aliphatic carbocycles. The molecule has 0 aliphatic rings. The standard InChI is InChI=1S/C12H18N4/c1-4-14-11-6-5-7-12(15-11)16(3)9-10(2)8-13/h5-7,10H,4,9H2,1-3H3,(H,14,15). The molecule has 16 heavy (non-hydrogen) atoms. The van der Waals surface area contributed by atoms with Gasteiger partial charge >= 0.3 is 0 Å². The number of rotatable bonds is 5. The third kappa shape index (κ3) is 3.43. The van der Waals surface area contributed by atoms with Crippen LogP contribution >= 0.6 is 0 Å².